The van der Waals surface area contributed by atoms with Gasteiger partial charge in [0.1, 0.15) is 18.8 Å². The smallest absolute Gasteiger partial charge is 0.249 e. The SMILES string of the molecule is CCCN1CCN(c2ccc(C(N)=O)c([C@H](CC(C)C)C(=O)N3C[C@H](NC)[C@H]4OCC(=O)[C@H]43)c2)CC1. The molecule has 3 saturated heterocycles. The summed E-state index contributed by atoms with van der Waals surface area (Å²) in [6.45, 7) is 11.6. The molecule has 0 saturated carbocycles. The Morgan fingerprint density at radius 2 is 1.92 bits per heavy atom. The minimum absolute atomic E-state index is 0.0260. The topological polar surface area (TPSA) is 108 Å². The number of fused-ring (bicyclic) bond motifs is 1. The fraction of sp³-hybridized carbons (Fsp3) is 0.667. The van der Waals surface area contributed by atoms with E-state index in [1.165, 1.54) is 0 Å². The number of rotatable bonds is 9. The Hall–Kier alpha value is -2.49. The van der Waals surface area contributed by atoms with Crippen LogP contribution in [0.15, 0.2) is 18.2 Å². The minimum Gasteiger partial charge on any atom is -0.369 e. The van der Waals surface area contributed by atoms with Crippen molar-refractivity contribution in [2.24, 2.45) is 11.7 Å². The van der Waals surface area contributed by atoms with Gasteiger partial charge in [-0.3, -0.25) is 19.3 Å². The second kappa shape index (κ2) is 11.3. The summed E-state index contributed by atoms with van der Waals surface area (Å²) in [5.41, 5.74) is 7.83. The van der Waals surface area contributed by atoms with Crippen molar-refractivity contribution in [1.29, 1.82) is 0 Å². The van der Waals surface area contributed by atoms with E-state index in [1.54, 1.807) is 11.0 Å². The molecular formula is C27H41N5O4. The highest BCUT2D eigenvalue weighted by molar-refractivity contribution is 5.99. The molecule has 0 radical (unpaired) electrons. The van der Waals surface area contributed by atoms with E-state index in [9.17, 15) is 14.4 Å². The number of hydrogen-bond acceptors (Lipinski definition) is 7. The maximum absolute atomic E-state index is 14.1. The molecule has 3 aliphatic heterocycles. The van der Waals surface area contributed by atoms with Crippen molar-refractivity contribution >= 4 is 23.3 Å². The number of likely N-dealkylation sites (N-methyl/N-ethyl adjacent to an activating group) is 1. The number of nitrogens with one attached hydrogen (secondary N) is 1. The molecule has 3 fully saturated rings. The summed E-state index contributed by atoms with van der Waals surface area (Å²) in [7, 11) is 1.82. The molecule has 0 unspecified atom stereocenters. The number of nitrogens with two attached hydrogens (primary N) is 1. The zero-order chi connectivity index (χ0) is 26.0. The molecule has 1 aromatic carbocycles. The third-order valence-electron chi connectivity index (χ3n) is 7.80. The maximum atomic E-state index is 14.1. The number of carbonyl (C=O) groups is 3. The molecule has 9 nitrogen and oxygen atoms in total. The lowest BCUT2D eigenvalue weighted by Crippen LogP contribution is -2.46. The lowest BCUT2D eigenvalue weighted by atomic mass is 9.85. The summed E-state index contributed by atoms with van der Waals surface area (Å²) in [4.78, 5) is 45.8. The van der Waals surface area contributed by atoms with Gasteiger partial charge in [0, 0.05) is 44.0 Å². The van der Waals surface area contributed by atoms with Crippen LogP contribution in [0.2, 0.25) is 0 Å². The number of ether oxygens (including phenoxy) is 1. The first-order valence-corrected chi connectivity index (χ1v) is 13.3. The molecule has 0 aliphatic carbocycles. The summed E-state index contributed by atoms with van der Waals surface area (Å²) < 4.78 is 5.74. The first-order valence-electron chi connectivity index (χ1n) is 13.3. The summed E-state index contributed by atoms with van der Waals surface area (Å²) in [5.74, 6) is -1.11. The number of primary amides is 1. The van der Waals surface area contributed by atoms with E-state index in [4.69, 9.17) is 10.5 Å². The monoisotopic (exact) mass is 499 g/mol. The highest BCUT2D eigenvalue weighted by atomic mass is 16.5. The van der Waals surface area contributed by atoms with Crippen molar-refractivity contribution < 1.29 is 19.1 Å². The average molecular weight is 500 g/mol. The van der Waals surface area contributed by atoms with Gasteiger partial charge in [0.15, 0.2) is 5.78 Å². The lowest BCUT2D eigenvalue weighted by molar-refractivity contribution is -0.138. The molecule has 3 heterocycles. The van der Waals surface area contributed by atoms with Gasteiger partial charge in [0.2, 0.25) is 11.8 Å². The molecule has 2 amide bonds. The van der Waals surface area contributed by atoms with Gasteiger partial charge in [-0.05, 0) is 56.1 Å². The summed E-state index contributed by atoms with van der Waals surface area (Å²) >= 11 is 0. The Bertz CT molecular complexity index is 975. The van der Waals surface area contributed by atoms with E-state index in [1.807, 2.05) is 19.2 Å². The number of ketones is 1. The van der Waals surface area contributed by atoms with Crippen LogP contribution >= 0.6 is 0 Å². The Labute approximate surface area is 214 Å². The first kappa shape index (κ1) is 26.6. The van der Waals surface area contributed by atoms with Crippen LogP contribution in [-0.2, 0) is 14.3 Å². The van der Waals surface area contributed by atoms with Crippen LogP contribution in [-0.4, -0.2) is 98.5 Å². The highest BCUT2D eigenvalue weighted by Crippen LogP contribution is 2.36. The predicted molar refractivity (Wildman–Crippen MR) is 139 cm³/mol. The van der Waals surface area contributed by atoms with Gasteiger partial charge in [-0.2, -0.15) is 0 Å². The van der Waals surface area contributed by atoms with E-state index < -0.39 is 17.9 Å². The fourth-order valence-electron chi connectivity index (χ4n) is 5.98. The molecular weight excluding hydrogens is 458 g/mol. The van der Waals surface area contributed by atoms with Crippen molar-refractivity contribution in [1.82, 2.24) is 15.1 Å². The van der Waals surface area contributed by atoms with Crippen LogP contribution in [0.25, 0.3) is 0 Å². The zero-order valence-corrected chi connectivity index (χ0v) is 22.0. The maximum Gasteiger partial charge on any atom is 0.249 e. The third kappa shape index (κ3) is 5.28. The van der Waals surface area contributed by atoms with Gasteiger partial charge in [0.05, 0.1) is 12.0 Å². The molecule has 4 rings (SSSR count). The highest BCUT2D eigenvalue weighted by Gasteiger charge is 2.52. The van der Waals surface area contributed by atoms with Gasteiger partial charge in [0.25, 0.3) is 0 Å². The van der Waals surface area contributed by atoms with Crippen LogP contribution in [0.4, 0.5) is 5.69 Å². The number of nitrogens with zero attached hydrogens (tertiary/aromatic N) is 3. The molecule has 198 valence electrons. The molecule has 3 aliphatic rings. The number of carbonyl (C=O) groups excluding carboxylic acids is 3. The Kier molecular flexibility index (Phi) is 8.32. The van der Waals surface area contributed by atoms with Crippen LogP contribution in [0.5, 0.6) is 0 Å². The first-order chi connectivity index (χ1) is 17.2. The Morgan fingerprint density at radius 1 is 1.19 bits per heavy atom. The standard InChI is InChI=1S/C27H41N5O4/c1-5-8-30-9-11-31(12-10-30)18-6-7-19(26(28)34)20(14-18)21(13-17(2)3)27(35)32-15-22(29-4)25-24(32)23(33)16-36-25/h6-7,14,17,21-22,24-25,29H,5,8-13,15-16H2,1-4H3,(H2,28,34)/t21-,22-,24+,25+/m0/s1. The normalized spacial score (nSPS) is 25.5. The predicted octanol–water partition coefficient (Wildman–Crippen LogP) is 1.21. The lowest BCUT2D eigenvalue weighted by Gasteiger charge is -2.36. The molecule has 9 heteroatoms. The summed E-state index contributed by atoms with van der Waals surface area (Å²) in [6.07, 6.45) is 1.35. The number of likely N-dealkylation sites (tertiary alicyclic amines) is 1. The number of hydrogen-bond donors (Lipinski definition) is 2. The van der Waals surface area contributed by atoms with Gasteiger partial charge in [-0.1, -0.05) is 20.8 Å². The van der Waals surface area contributed by atoms with E-state index in [0.29, 0.717) is 24.1 Å². The van der Waals surface area contributed by atoms with Crippen molar-refractivity contribution in [3.63, 3.8) is 0 Å². The van der Waals surface area contributed by atoms with Crippen LogP contribution in [0, 0.1) is 5.92 Å². The molecule has 1 aromatic rings. The quantitative estimate of drug-likeness (QED) is 0.526. The molecule has 0 bridgehead atoms. The number of amides is 2. The van der Waals surface area contributed by atoms with E-state index in [2.05, 4.69) is 35.9 Å². The zero-order valence-electron chi connectivity index (χ0n) is 22.0. The largest absolute Gasteiger partial charge is 0.369 e. The van der Waals surface area contributed by atoms with Crippen molar-refractivity contribution in [3.05, 3.63) is 29.3 Å². The third-order valence-corrected chi connectivity index (χ3v) is 7.80. The van der Waals surface area contributed by atoms with Gasteiger partial charge >= 0.3 is 0 Å². The number of anilines is 1. The van der Waals surface area contributed by atoms with Gasteiger partial charge in [-0.25, -0.2) is 0 Å². The molecule has 0 aromatic heterocycles. The summed E-state index contributed by atoms with van der Waals surface area (Å²) in [6, 6.07) is 4.99. The Morgan fingerprint density at radius 3 is 2.53 bits per heavy atom. The average Bonchev–Trinajstić information content (AvgIpc) is 3.42. The van der Waals surface area contributed by atoms with Crippen molar-refractivity contribution in [2.45, 2.75) is 57.7 Å². The fourth-order valence-corrected chi connectivity index (χ4v) is 5.98. The second-order valence-electron chi connectivity index (χ2n) is 10.7. The van der Waals surface area contributed by atoms with E-state index in [0.717, 1.165) is 44.8 Å². The summed E-state index contributed by atoms with van der Waals surface area (Å²) in [5, 5.41) is 3.20. The van der Waals surface area contributed by atoms with Crippen LogP contribution in [0.3, 0.4) is 0 Å². The number of piperazine rings is 1. The van der Waals surface area contributed by atoms with E-state index >= 15 is 0 Å². The Balaban J connectivity index is 1.67. The number of Topliss-reactive ketones (excluding diaryl/α,β-unsaturated/α-hetero) is 1. The van der Waals surface area contributed by atoms with Crippen LogP contribution in [0.1, 0.15) is 55.5 Å². The van der Waals surface area contributed by atoms with Crippen LogP contribution < -0.4 is 16.0 Å². The number of benzene rings is 1. The van der Waals surface area contributed by atoms with Crippen molar-refractivity contribution in [3.8, 4) is 0 Å². The molecule has 0 spiro atoms. The molecule has 36 heavy (non-hydrogen) atoms. The minimum atomic E-state index is -0.587. The van der Waals surface area contributed by atoms with Gasteiger partial charge in [-0.15, -0.1) is 0 Å². The van der Waals surface area contributed by atoms with Crippen molar-refractivity contribution in [2.75, 3.05) is 57.8 Å². The molecule has 3 N–H and O–H groups in total. The second-order valence-corrected chi connectivity index (χ2v) is 10.7. The molecule has 4 atom stereocenters. The van der Waals surface area contributed by atoms with E-state index in [-0.39, 0.29) is 36.4 Å². The van der Waals surface area contributed by atoms with Gasteiger partial charge < -0.3 is 25.6 Å².